The first-order valence-corrected chi connectivity index (χ1v) is 11.8. The molecule has 7 nitrogen and oxygen atoms in total. The summed E-state index contributed by atoms with van der Waals surface area (Å²) in [5, 5.41) is 11.0. The molecule has 0 unspecified atom stereocenters. The predicted molar refractivity (Wildman–Crippen MR) is 127 cm³/mol. The van der Waals surface area contributed by atoms with Crippen LogP contribution in [-0.2, 0) is 10.9 Å². The van der Waals surface area contributed by atoms with Gasteiger partial charge in [0.2, 0.25) is 0 Å². The molecule has 2 saturated heterocycles. The number of halogens is 3. The van der Waals surface area contributed by atoms with Crippen LogP contribution in [0.4, 0.5) is 24.5 Å². The minimum absolute atomic E-state index is 0.0444. The van der Waals surface area contributed by atoms with E-state index in [0.717, 1.165) is 6.07 Å². The van der Waals surface area contributed by atoms with E-state index in [1.54, 1.807) is 34.1 Å². The molecule has 0 atom stereocenters. The first-order chi connectivity index (χ1) is 17.2. The van der Waals surface area contributed by atoms with E-state index in [9.17, 15) is 23.1 Å². The first kappa shape index (κ1) is 25.8. The highest BCUT2D eigenvalue weighted by Gasteiger charge is 2.36. The van der Waals surface area contributed by atoms with Crippen LogP contribution < -0.4 is 9.64 Å². The third kappa shape index (κ3) is 6.09. The number of aliphatic hydroxyl groups is 1. The number of amides is 1. The molecular weight excluding hydrogens is 475 g/mol. The van der Waals surface area contributed by atoms with Crippen molar-refractivity contribution in [3.8, 4) is 5.75 Å². The van der Waals surface area contributed by atoms with Crippen molar-refractivity contribution >= 4 is 17.3 Å². The van der Waals surface area contributed by atoms with Gasteiger partial charge in [0.25, 0.3) is 5.91 Å². The molecule has 2 aromatic carbocycles. The number of morpholine rings is 1. The maximum Gasteiger partial charge on any atom is 0.407 e. The summed E-state index contributed by atoms with van der Waals surface area (Å²) in [5.41, 5.74) is -1.38. The largest absolute Gasteiger partial charge is 0.493 e. The van der Waals surface area contributed by atoms with E-state index >= 15 is 0 Å². The molecule has 0 bridgehead atoms. The summed E-state index contributed by atoms with van der Waals surface area (Å²) in [7, 11) is 0. The molecule has 192 valence electrons. The van der Waals surface area contributed by atoms with E-state index in [2.05, 4.69) is 4.85 Å². The normalized spacial score (nSPS) is 18.0. The van der Waals surface area contributed by atoms with Crippen LogP contribution in [-0.4, -0.2) is 67.5 Å². The van der Waals surface area contributed by atoms with Crippen molar-refractivity contribution in [2.75, 3.05) is 50.9 Å². The van der Waals surface area contributed by atoms with Gasteiger partial charge in [-0.25, -0.2) is 4.85 Å². The van der Waals surface area contributed by atoms with Gasteiger partial charge >= 0.3 is 6.18 Å². The smallest absolute Gasteiger partial charge is 0.407 e. The summed E-state index contributed by atoms with van der Waals surface area (Å²) in [6, 6.07) is 10.6. The quantitative estimate of drug-likeness (QED) is 0.587. The molecule has 2 aliphatic heterocycles. The Labute approximate surface area is 207 Å². The summed E-state index contributed by atoms with van der Waals surface area (Å²) >= 11 is 0. The summed E-state index contributed by atoms with van der Waals surface area (Å²) in [5.74, 6) is 0.547. The van der Waals surface area contributed by atoms with Crippen LogP contribution >= 0.6 is 0 Å². The fraction of sp³-hybridized carbons (Fsp3) is 0.462. The Morgan fingerprint density at radius 1 is 1.08 bits per heavy atom. The van der Waals surface area contributed by atoms with Gasteiger partial charge < -0.3 is 24.4 Å². The lowest BCUT2D eigenvalue weighted by Gasteiger charge is -2.39. The van der Waals surface area contributed by atoms with Gasteiger partial charge in [-0.05, 0) is 49.2 Å². The minimum Gasteiger partial charge on any atom is -0.493 e. The highest BCUT2D eigenvalue weighted by Crippen LogP contribution is 2.39. The van der Waals surface area contributed by atoms with Crippen molar-refractivity contribution in [2.45, 2.75) is 31.0 Å². The molecule has 36 heavy (non-hydrogen) atoms. The zero-order valence-corrected chi connectivity index (χ0v) is 19.8. The van der Waals surface area contributed by atoms with Crippen molar-refractivity contribution < 1.29 is 32.5 Å². The average molecular weight is 504 g/mol. The van der Waals surface area contributed by atoms with E-state index in [1.807, 2.05) is 0 Å². The molecule has 0 aromatic heterocycles. The Morgan fingerprint density at radius 3 is 2.36 bits per heavy atom. The summed E-state index contributed by atoms with van der Waals surface area (Å²) in [6.45, 7) is 10.3. The second-order valence-corrected chi connectivity index (χ2v) is 9.05. The number of hydrogen-bond donors (Lipinski definition) is 1. The Balaban J connectivity index is 1.27. The number of alkyl halides is 3. The molecule has 0 radical (unpaired) electrons. The fourth-order valence-corrected chi connectivity index (χ4v) is 4.48. The highest BCUT2D eigenvalue weighted by atomic mass is 19.4. The van der Waals surface area contributed by atoms with Crippen molar-refractivity contribution in [2.24, 2.45) is 0 Å². The summed E-state index contributed by atoms with van der Waals surface area (Å²) < 4.78 is 50.9. The lowest BCUT2D eigenvalue weighted by atomic mass is 9.88. The maximum absolute atomic E-state index is 13.3. The van der Waals surface area contributed by atoms with Gasteiger partial charge in [0.1, 0.15) is 5.75 Å². The van der Waals surface area contributed by atoms with Crippen LogP contribution in [0.25, 0.3) is 4.85 Å². The number of hydrogen-bond acceptors (Lipinski definition) is 5. The number of carbonyl (C=O) groups excluding carboxylic acids is 1. The Hall–Kier alpha value is -3.29. The molecular formula is C26H28F3N3O4. The standard InChI is InChI=1S/C26H28F3N3O4/c1-30-23-7-4-20(18-22(23)26(27,28)29)31-11-8-25(34,9-12-31)10-15-36-21-5-2-19(3-6-21)24(33)32-13-16-35-17-14-32/h2-7,18,34H,8-17H2. The molecule has 2 heterocycles. The van der Waals surface area contributed by atoms with Gasteiger partial charge in [-0.1, -0.05) is 6.07 Å². The molecule has 4 rings (SSSR count). The molecule has 0 saturated carbocycles. The molecule has 0 aliphatic carbocycles. The van der Waals surface area contributed by atoms with Crippen molar-refractivity contribution in [3.63, 3.8) is 0 Å². The highest BCUT2D eigenvalue weighted by molar-refractivity contribution is 5.94. The second-order valence-electron chi connectivity index (χ2n) is 9.05. The van der Waals surface area contributed by atoms with Crippen LogP contribution in [0.3, 0.4) is 0 Å². The van der Waals surface area contributed by atoms with E-state index in [-0.39, 0.29) is 12.5 Å². The first-order valence-electron chi connectivity index (χ1n) is 11.8. The van der Waals surface area contributed by atoms with E-state index in [0.29, 0.717) is 75.7 Å². The number of carbonyl (C=O) groups is 1. The molecule has 2 fully saturated rings. The van der Waals surface area contributed by atoms with Crippen LogP contribution in [0, 0.1) is 6.57 Å². The van der Waals surface area contributed by atoms with Crippen LogP contribution in [0.1, 0.15) is 35.2 Å². The molecule has 2 aromatic rings. The minimum atomic E-state index is -4.60. The zero-order chi connectivity index (χ0) is 25.8. The predicted octanol–water partition coefficient (Wildman–Crippen LogP) is 4.53. The van der Waals surface area contributed by atoms with Crippen LogP contribution in [0.5, 0.6) is 5.75 Å². The second kappa shape index (κ2) is 10.8. The molecule has 1 N–H and O–H groups in total. The SMILES string of the molecule is [C-]#[N+]c1ccc(N2CCC(O)(CCOc3ccc(C(=O)N4CCOCC4)cc3)CC2)cc1C(F)(F)F. The topological polar surface area (TPSA) is 66.6 Å². The van der Waals surface area contributed by atoms with Crippen molar-refractivity contribution in [3.05, 3.63) is 65.0 Å². The van der Waals surface area contributed by atoms with Crippen LogP contribution in [0.2, 0.25) is 0 Å². The number of benzene rings is 2. The van der Waals surface area contributed by atoms with Crippen molar-refractivity contribution in [1.29, 1.82) is 0 Å². The number of nitrogens with zero attached hydrogens (tertiary/aromatic N) is 3. The molecule has 0 spiro atoms. The lowest BCUT2D eigenvalue weighted by molar-refractivity contribution is -0.136. The third-order valence-corrected chi connectivity index (χ3v) is 6.70. The van der Waals surface area contributed by atoms with Gasteiger partial charge in [0, 0.05) is 43.9 Å². The lowest BCUT2D eigenvalue weighted by Crippen LogP contribution is -2.45. The fourth-order valence-electron chi connectivity index (χ4n) is 4.48. The van der Waals surface area contributed by atoms with Crippen LogP contribution in [0.15, 0.2) is 42.5 Å². The average Bonchev–Trinajstić information content (AvgIpc) is 2.89. The van der Waals surface area contributed by atoms with E-state index in [4.69, 9.17) is 16.0 Å². The van der Waals surface area contributed by atoms with E-state index in [1.165, 1.54) is 12.1 Å². The maximum atomic E-state index is 13.3. The van der Waals surface area contributed by atoms with Gasteiger partial charge in [-0.3, -0.25) is 4.79 Å². The number of rotatable bonds is 6. The Morgan fingerprint density at radius 2 is 1.75 bits per heavy atom. The van der Waals surface area contributed by atoms with Crippen molar-refractivity contribution in [1.82, 2.24) is 4.90 Å². The molecule has 2 aliphatic rings. The third-order valence-electron chi connectivity index (χ3n) is 6.70. The Kier molecular flexibility index (Phi) is 7.71. The number of anilines is 1. The van der Waals surface area contributed by atoms with Gasteiger partial charge in [0.05, 0.1) is 37.6 Å². The molecule has 10 heteroatoms. The summed E-state index contributed by atoms with van der Waals surface area (Å²) in [4.78, 5) is 19.0. The zero-order valence-electron chi connectivity index (χ0n) is 19.8. The van der Waals surface area contributed by atoms with E-state index < -0.39 is 23.0 Å². The number of piperidine rings is 1. The number of ether oxygens (including phenoxy) is 2. The Bertz CT molecular complexity index is 1100. The van der Waals surface area contributed by atoms with Gasteiger partial charge in [-0.15, -0.1) is 0 Å². The van der Waals surface area contributed by atoms with Gasteiger partial charge in [0.15, 0.2) is 5.69 Å². The molecule has 1 amide bonds. The van der Waals surface area contributed by atoms with Gasteiger partial charge in [-0.2, -0.15) is 13.2 Å². The monoisotopic (exact) mass is 503 g/mol. The summed E-state index contributed by atoms with van der Waals surface area (Å²) in [6.07, 6.45) is -3.46.